The molecule has 2 saturated carbocycles. The third-order valence-electron chi connectivity index (χ3n) is 8.38. The normalized spacial score (nSPS) is 25.3. The number of hydrogen-bond donors (Lipinski definition) is 2. The van der Waals surface area contributed by atoms with Crippen LogP contribution in [0.4, 0.5) is 24.5 Å². The summed E-state index contributed by atoms with van der Waals surface area (Å²) in [5, 5.41) is 0. The van der Waals surface area contributed by atoms with Crippen LogP contribution in [-0.4, -0.2) is 6.18 Å². The summed E-state index contributed by atoms with van der Waals surface area (Å²) in [7, 11) is 0. The average molecular weight is 499 g/mol. The summed E-state index contributed by atoms with van der Waals surface area (Å²) < 4.78 is 36.9. The first kappa shape index (κ1) is 26.6. The number of benzene rings is 2. The SMILES string of the molecule is Nc1cc(N)cc(C2CCC(C=Cc3ccc(C4CCC(CCCCC(F)(F)F)CC4)cc3)CC2)c1. The molecular weight excluding hydrogens is 457 g/mol. The number of anilines is 2. The predicted octanol–water partition coefficient (Wildman–Crippen LogP) is 9.23. The Morgan fingerprint density at radius 1 is 0.722 bits per heavy atom. The molecule has 2 nitrogen and oxygen atoms in total. The first-order valence-electron chi connectivity index (χ1n) is 13.8. The molecule has 2 aliphatic rings. The standard InChI is InChI=1S/C31H41F3N2/c32-31(33,34)18-2-1-3-22-6-12-25(13-7-22)26-14-8-23(9-15-26)4-5-24-10-16-27(17-11-24)28-19-29(35)21-30(36)20-28/h4-5,8-9,14-15,19-22,24-25,27H,1-3,6-7,10-13,16-18,35-36H2. The van der Waals surface area contributed by atoms with Gasteiger partial charge in [0, 0.05) is 17.8 Å². The number of nitrogens with two attached hydrogens (primary N) is 2. The van der Waals surface area contributed by atoms with E-state index in [0.29, 0.717) is 30.1 Å². The largest absolute Gasteiger partial charge is 0.399 e. The van der Waals surface area contributed by atoms with Gasteiger partial charge in [0.1, 0.15) is 0 Å². The third-order valence-corrected chi connectivity index (χ3v) is 8.38. The van der Waals surface area contributed by atoms with E-state index in [-0.39, 0.29) is 6.42 Å². The number of unbranched alkanes of at least 4 members (excludes halogenated alkanes) is 1. The second kappa shape index (κ2) is 12.2. The fraction of sp³-hybridized carbons (Fsp3) is 0.548. The quantitative estimate of drug-likeness (QED) is 0.281. The molecule has 0 heterocycles. The number of hydrogen-bond acceptors (Lipinski definition) is 2. The Labute approximate surface area is 214 Å². The molecule has 4 rings (SSSR count). The van der Waals surface area contributed by atoms with Gasteiger partial charge in [-0.3, -0.25) is 0 Å². The molecule has 0 bridgehead atoms. The molecule has 0 unspecified atom stereocenters. The van der Waals surface area contributed by atoms with Crippen molar-refractivity contribution in [2.24, 2.45) is 11.8 Å². The molecule has 196 valence electrons. The van der Waals surface area contributed by atoms with E-state index in [2.05, 4.69) is 48.6 Å². The van der Waals surface area contributed by atoms with Crippen LogP contribution in [0.1, 0.15) is 106 Å². The van der Waals surface area contributed by atoms with Crippen molar-refractivity contribution in [3.63, 3.8) is 0 Å². The van der Waals surface area contributed by atoms with Crippen LogP contribution in [-0.2, 0) is 0 Å². The second-order valence-electron chi connectivity index (χ2n) is 11.1. The maximum Gasteiger partial charge on any atom is 0.389 e. The van der Waals surface area contributed by atoms with Crippen LogP contribution in [0.15, 0.2) is 48.5 Å². The molecule has 0 spiro atoms. The van der Waals surface area contributed by atoms with Gasteiger partial charge in [0.05, 0.1) is 0 Å². The van der Waals surface area contributed by atoms with Crippen LogP contribution in [0.5, 0.6) is 0 Å². The zero-order valence-corrected chi connectivity index (χ0v) is 21.3. The number of alkyl halides is 3. The minimum absolute atomic E-state index is 0.275. The summed E-state index contributed by atoms with van der Waals surface area (Å²) >= 11 is 0. The highest BCUT2D eigenvalue weighted by Crippen LogP contribution is 2.39. The summed E-state index contributed by atoms with van der Waals surface area (Å²) in [6.45, 7) is 0. The van der Waals surface area contributed by atoms with E-state index < -0.39 is 12.6 Å². The summed E-state index contributed by atoms with van der Waals surface area (Å²) in [5.74, 6) is 2.36. The van der Waals surface area contributed by atoms with Crippen molar-refractivity contribution >= 4 is 17.5 Å². The van der Waals surface area contributed by atoms with E-state index in [1.54, 1.807) is 0 Å². The monoisotopic (exact) mass is 498 g/mol. The topological polar surface area (TPSA) is 52.0 Å². The van der Waals surface area contributed by atoms with Crippen LogP contribution in [0, 0.1) is 11.8 Å². The van der Waals surface area contributed by atoms with Gasteiger partial charge in [0.15, 0.2) is 0 Å². The molecular formula is C31H41F3N2. The Hall–Kier alpha value is -2.43. The average Bonchev–Trinajstić information content (AvgIpc) is 2.85. The zero-order valence-electron chi connectivity index (χ0n) is 21.3. The molecule has 0 radical (unpaired) electrons. The van der Waals surface area contributed by atoms with Gasteiger partial charge in [-0.2, -0.15) is 13.2 Å². The van der Waals surface area contributed by atoms with Crippen molar-refractivity contribution in [3.8, 4) is 0 Å². The van der Waals surface area contributed by atoms with Gasteiger partial charge in [0.2, 0.25) is 0 Å². The van der Waals surface area contributed by atoms with Gasteiger partial charge in [-0.1, -0.05) is 49.3 Å². The molecule has 0 aliphatic heterocycles. The predicted molar refractivity (Wildman–Crippen MR) is 145 cm³/mol. The molecule has 5 heteroatoms. The molecule has 0 atom stereocenters. The van der Waals surface area contributed by atoms with Gasteiger partial charge in [-0.25, -0.2) is 0 Å². The van der Waals surface area contributed by atoms with Gasteiger partial charge < -0.3 is 11.5 Å². The molecule has 4 N–H and O–H groups in total. The van der Waals surface area contributed by atoms with Crippen LogP contribution in [0.25, 0.3) is 6.08 Å². The third kappa shape index (κ3) is 8.04. The van der Waals surface area contributed by atoms with Crippen LogP contribution < -0.4 is 11.5 Å². The number of allylic oxidation sites excluding steroid dienone is 1. The molecule has 2 aromatic rings. The van der Waals surface area contributed by atoms with Gasteiger partial charge in [-0.15, -0.1) is 0 Å². The van der Waals surface area contributed by atoms with Crippen molar-refractivity contribution in [1.29, 1.82) is 0 Å². The van der Waals surface area contributed by atoms with Gasteiger partial charge in [0.25, 0.3) is 0 Å². The zero-order chi connectivity index (χ0) is 25.5. The van der Waals surface area contributed by atoms with Crippen molar-refractivity contribution in [1.82, 2.24) is 0 Å². The highest BCUT2D eigenvalue weighted by atomic mass is 19.4. The van der Waals surface area contributed by atoms with Crippen LogP contribution >= 0.6 is 0 Å². The second-order valence-corrected chi connectivity index (χ2v) is 11.1. The van der Waals surface area contributed by atoms with E-state index >= 15 is 0 Å². The van der Waals surface area contributed by atoms with E-state index in [4.69, 9.17) is 11.5 Å². The lowest BCUT2D eigenvalue weighted by molar-refractivity contribution is -0.135. The molecule has 0 aromatic heterocycles. The maximum atomic E-state index is 12.3. The van der Waals surface area contributed by atoms with Crippen molar-refractivity contribution < 1.29 is 13.2 Å². The van der Waals surface area contributed by atoms with E-state index in [9.17, 15) is 13.2 Å². The molecule has 2 aliphatic carbocycles. The van der Waals surface area contributed by atoms with Crippen LogP contribution in [0.3, 0.4) is 0 Å². The van der Waals surface area contributed by atoms with Gasteiger partial charge in [-0.05, 0) is 116 Å². The van der Waals surface area contributed by atoms with Crippen molar-refractivity contribution in [2.75, 3.05) is 11.5 Å². The summed E-state index contributed by atoms with van der Waals surface area (Å²) in [6.07, 6.45) is 11.2. The Morgan fingerprint density at radius 2 is 1.31 bits per heavy atom. The minimum atomic E-state index is -4.01. The Bertz CT molecular complexity index is 960. The Kier molecular flexibility index (Phi) is 9.03. The molecule has 36 heavy (non-hydrogen) atoms. The summed E-state index contributed by atoms with van der Waals surface area (Å²) in [5.41, 5.74) is 17.4. The first-order valence-corrected chi connectivity index (χ1v) is 13.8. The number of rotatable bonds is 8. The lowest BCUT2D eigenvalue weighted by atomic mass is 9.77. The fourth-order valence-corrected chi connectivity index (χ4v) is 6.25. The summed E-state index contributed by atoms with van der Waals surface area (Å²) in [6, 6.07) is 15.0. The maximum absolute atomic E-state index is 12.3. The lowest BCUT2D eigenvalue weighted by Gasteiger charge is -2.29. The molecule has 2 fully saturated rings. The first-order chi connectivity index (χ1) is 17.2. The lowest BCUT2D eigenvalue weighted by Crippen LogP contribution is -2.14. The van der Waals surface area contributed by atoms with E-state index in [1.807, 2.05) is 6.07 Å². The summed E-state index contributed by atoms with van der Waals surface area (Å²) in [4.78, 5) is 0. The van der Waals surface area contributed by atoms with Crippen molar-refractivity contribution in [3.05, 3.63) is 65.2 Å². The highest BCUT2D eigenvalue weighted by molar-refractivity contribution is 5.55. The van der Waals surface area contributed by atoms with E-state index in [1.165, 1.54) is 42.4 Å². The minimum Gasteiger partial charge on any atom is -0.399 e. The molecule has 0 saturated heterocycles. The smallest absolute Gasteiger partial charge is 0.389 e. The van der Waals surface area contributed by atoms with Gasteiger partial charge >= 0.3 is 6.18 Å². The number of nitrogen functional groups attached to an aromatic ring is 2. The Morgan fingerprint density at radius 3 is 1.92 bits per heavy atom. The molecule has 2 aromatic carbocycles. The molecule has 0 amide bonds. The highest BCUT2D eigenvalue weighted by Gasteiger charge is 2.27. The Balaban J connectivity index is 1.19. The van der Waals surface area contributed by atoms with Crippen molar-refractivity contribution in [2.45, 2.75) is 95.1 Å². The fourth-order valence-electron chi connectivity index (χ4n) is 6.25. The van der Waals surface area contributed by atoms with Crippen LogP contribution in [0.2, 0.25) is 0 Å². The van der Waals surface area contributed by atoms with E-state index in [0.717, 1.165) is 43.5 Å². The number of halogens is 3.